The minimum Gasteiger partial charge on any atom is -0.508 e. The standard InChI is InChI=1S/C23H14F6O2S2/c1-9-17(13-7-11(30)3-5-15(13)32-9)19-20(22(26,27)23(28,29)21(19,24)25)18-10(2)33-16-6-4-12(31)8-14(16)18/h3-8,30-31H,1-2H3. The van der Waals surface area contributed by atoms with Crippen molar-refractivity contribution in [1.29, 1.82) is 0 Å². The number of fused-ring (bicyclic) bond motifs is 2. The molecule has 1 aliphatic rings. The highest BCUT2D eigenvalue weighted by Crippen LogP contribution is 2.67. The van der Waals surface area contributed by atoms with Crippen molar-refractivity contribution in [3.05, 3.63) is 57.3 Å². The Balaban J connectivity index is 2.01. The molecule has 0 bridgehead atoms. The predicted molar refractivity (Wildman–Crippen MR) is 118 cm³/mol. The number of thiophene rings is 2. The Kier molecular flexibility index (Phi) is 4.46. The number of aryl methyl sites for hydroxylation is 2. The van der Waals surface area contributed by atoms with E-state index in [4.69, 9.17) is 0 Å². The molecule has 2 heterocycles. The van der Waals surface area contributed by atoms with Gasteiger partial charge in [-0.3, -0.25) is 0 Å². The van der Waals surface area contributed by atoms with Crippen LogP contribution in [0, 0.1) is 13.8 Å². The van der Waals surface area contributed by atoms with Gasteiger partial charge in [0.1, 0.15) is 11.5 Å². The van der Waals surface area contributed by atoms with Crippen LogP contribution in [-0.4, -0.2) is 28.0 Å². The Morgan fingerprint density at radius 1 is 0.636 bits per heavy atom. The molecule has 0 atom stereocenters. The monoisotopic (exact) mass is 500 g/mol. The number of hydrogen-bond acceptors (Lipinski definition) is 4. The molecular weight excluding hydrogens is 486 g/mol. The smallest absolute Gasteiger partial charge is 0.380 e. The summed E-state index contributed by atoms with van der Waals surface area (Å²) in [5.41, 5.74) is -3.81. The van der Waals surface area contributed by atoms with Gasteiger partial charge < -0.3 is 10.2 Å². The van der Waals surface area contributed by atoms with Crippen LogP contribution >= 0.6 is 22.7 Å². The Hall–Kier alpha value is -2.72. The van der Waals surface area contributed by atoms with E-state index in [1.807, 2.05) is 0 Å². The fourth-order valence-corrected chi connectivity index (χ4v) is 6.53. The molecule has 0 fully saturated rings. The van der Waals surface area contributed by atoms with E-state index >= 15 is 17.6 Å². The molecule has 0 unspecified atom stereocenters. The van der Waals surface area contributed by atoms with Crippen molar-refractivity contribution in [3.8, 4) is 11.5 Å². The highest BCUT2D eigenvalue weighted by atomic mass is 32.1. The highest BCUT2D eigenvalue weighted by Gasteiger charge is 2.80. The molecule has 0 amide bonds. The van der Waals surface area contributed by atoms with Gasteiger partial charge in [0.2, 0.25) is 0 Å². The topological polar surface area (TPSA) is 40.5 Å². The van der Waals surface area contributed by atoms with E-state index in [1.165, 1.54) is 38.1 Å². The number of phenolic OH excluding ortho intramolecular Hbond substituents is 2. The molecule has 0 saturated carbocycles. The summed E-state index contributed by atoms with van der Waals surface area (Å²) in [7, 11) is 0. The quantitative estimate of drug-likeness (QED) is 0.274. The van der Waals surface area contributed by atoms with Gasteiger partial charge in [-0.25, -0.2) is 0 Å². The van der Waals surface area contributed by atoms with Crippen LogP contribution in [0.15, 0.2) is 36.4 Å². The van der Waals surface area contributed by atoms with Crippen molar-refractivity contribution in [2.24, 2.45) is 0 Å². The lowest BCUT2D eigenvalue weighted by Crippen LogP contribution is -2.48. The van der Waals surface area contributed by atoms with Gasteiger partial charge in [0, 0.05) is 52.2 Å². The third-order valence-electron chi connectivity index (χ3n) is 5.86. The van der Waals surface area contributed by atoms with Crippen molar-refractivity contribution in [2.75, 3.05) is 0 Å². The first-order chi connectivity index (χ1) is 15.3. The van der Waals surface area contributed by atoms with E-state index in [2.05, 4.69) is 0 Å². The number of halogens is 6. The van der Waals surface area contributed by atoms with Crippen LogP contribution in [0.5, 0.6) is 11.5 Å². The minimum absolute atomic E-state index is 0.0155. The lowest BCUT2D eigenvalue weighted by Gasteiger charge is -2.26. The van der Waals surface area contributed by atoms with Gasteiger partial charge in [-0.05, 0) is 50.2 Å². The van der Waals surface area contributed by atoms with Crippen LogP contribution in [0.25, 0.3) is 31.3 Å². The number of benzene rings is 2. The van der Waals surface area contributed by atoms with E-state index < -0.39 is 40.0 Å². The second-order valence-electron chi connectivity index (χ2n) is 7.90. The van der Waals surface area contributed by atoms with Gasteiger partial charge >= 0.3 is 17.8 Å². The number of phenols is 2. The van der Waals surface area contributed by atoms with E-state index in [0.29, 0.717) is 9.40 Å². The Morgan fingerprint density at radius 3 is 1.36 bits per heavy atom. The zero-order valence-corrected chi connectivity index (χ0v) is 18.6. The first kappa shape index (κ1) is 22.1. The zero-order valence-electron chi connectivity index (χ0n) is 16.9. The summed E-state index contributed by atoms with van der Waals surface area (Å²) in [5.74, 6) is -16.7. The summed E-state index contributed by atoms with van der Waals surface area (Å²) in [5, 5.41) is 19.7. The number of alkyl halides is 6. The predicted octanol–water partition coefficient (Wildman–Crippen LogP) is 7.97. The SMILES string of the molecule is Cc1sc2ccc(O)cc2c1C1=C(c2c(C)sc3ccc(O)cc23)C(F)(F)C(F)(F)C1(F)F. The number of hydrogen-bond donors (Lipinski definition) is 2. The molecule has 0 saturated heterocycles. The normalized spacial score (nSPS) is 19.2. The van der Waals surface area contributed by atoms with Gasteiger partial charge in [-0.2, -0.15) is 26.3 Å². The molecule has 2 aromatic heterocycles. The van der Waals surface area contributed by atoms with E-state index in [9.17, 15) is 19.0 Å². The summed E-state index contributed by atoms with van der Waals surface area (Å²) in [6.45, 7) is 2.77. The Morgan fingerprint density at radius 2 is 1.00 bits per heavy atom. The molecule has 2 N–H and O–H groups in total. The van der Waals surface area contributed by atoms with E-state index in [1.54, 1.807) is 0 Å². The zero-order chi connectivity index (χ0) is 24.1. The first-order valence-electron chi connectivity index (χ1n) is 9.62. The van der Waals surface area contributed by atoms with Crippen molar-refractivity contribution < 1.29 is 36.6 Å². The molecule has 10 heteroatoms. The van der Waals surface area contributed by atoms with Crippen LogP contribution in [0.3, 0.4) is 0 Å². The molecule has 1 aliphatic carbocycles. The largest absolute Gasteiger partial charge is 0.508 e. The molecule has 33 heavy (non-hydrogen) atoms. The summed E-state index contributed by atoms with van der Waals surface area (Å²) < 4.78 is 91.6. The van der Waals surface area contributed by atoms with Gasteiger partial charge in [-0.15, -0.1) is 22.7 Å². The lowest BCUT2D eigenvalue weighted by atomic mass is 9.91. The summed E-state index contributed by atoms with van der Waals surface area (Å²) in [4.78, 5) is 0.271. The first-order valence-corrected chi connectivity index (χ1v) is 11.3. The average Bonchev–Trinajstić information content (AvgIpc) is 3.23. The third-order valence-corrected chi connectivity index (χ3v) is 8.03. The van der Waals surface area contributed by atoms with Crippen molar-refractivity contribution in [3.63, 3.8) is 0 Å². The van der Waals surface area contributed by atoms with Crippen LogP contribution < -0.4 is 0 Å². The molecule has 0 radical (unpaired) electrons. The summed E-state index contributed by atoms with van der Waals surface area (Å²) in [6, 6.07) is 7.64. The maximum absolute atomic E-state index is 15.3. The molecule has 2 nitrogen and oxygen atoms in total. The van der Waals surface area contributed by atoms with Gasteiger partial charge in [0.05, 0.1) is 0 Å². The second-order valence-corrected chi connectivity index (χ2v) is 10.4. The molecule has 5 rings (SSSR count). The molecule has 0 spiro atoms. The lowest BCUT2D eigenvalue weighted by molar-refractivity contribution is -0.254. The molecule has 0 aliphatic heterocycles. The van der Waals surface area contributed by atoms with Gasteiger partial charge in [-0.1, -0.05) is 0 Å². The summed E-state index contributed by atoms with van der Waals surface area (Å²) >= 11 is 1.96. The van der Waals surface area contributed by atoms with Gasteiger partial charge in [0.15, 0.2) is 0 Å². The maximum Gasteiger partial charge on any atom is 0.380 e. The van der Waals surface area contributed by atoms with Crippen molar-refractivity contribution in [2.45, 2.75) is 31.6 Å². The van der Waals surface area contributed by atoms with Gasteiger partial charge in [0.25, 0.3) is 0 Å². The molecule has 4 aromatic rings. The van der Waals surface area contributed by atoms with Crippen LogP contribution in [0.2, 0.25) is 0 Å². The van der Waals surface area contributed by atoms with Crippen molar-refractivity contribution in [1.82, 2.24) is 0 Å². The number of rotatable bonds is 2. The second kappa shape index (κ2) is 6.66. The summed E-state index contributed by atoms with van der Waals surface area (Å²) in [6.07, 6.45) is 0. The van der Waals surface area contributed by atoms with Crippen LogP contribution in [0.4, 0.5) is 26.3 Å². The fraction of sp³-hybridized carbons (Fsp3) is 0.217. The maximum atomic E-state index is 15.3. The third kappa shape index (κ3) is 2.73. The van der Waals surface area contributed by atoms with E-state index in [-0.39, 0.29) is 32.0 Å². The Labute approximate surface area is 191 Å². The van der Waals surface area contributed by atoms with Crippen LogP contribution in [0.1, 0.15) is 20.9 Å². The number of aromatic hydroxyl groups is 2. The van der Waals surface area contributed by atoms with Crippen LogP contribution in [-0.2, 0) is 0 Å². The molecule has 2 aromatic carbocycles. The highest BCUT2D eigenvalue weighted by molar-refractivity contribution is 7.19. The molecule has 172 valence electrons. The minimum atomic E-state index is -5.69. The Bertz CT molecular complexity index is 1390. The fourth-order valence-electron chi connectivity index (χ4n) is 4.43. The average molecular weight is 500 g/mol. The molecular formula is C23H14F6O2S2. The number of allylic oxidation sites excluding steroid dienone is 2. The van der Waals surface area contributed by atoms with Crippen molar-refractivity contribution >= 4 is 54.0 Å². The van der Waals surface area contributed by atoms with E-state index in [0.717, 1.165) is 34.8 Å².